The molecule has 1 N–H and O–H groups in total. The van der Waals surface area contributed by atoms with E-state index in [0.29, 0.717) is 22.1 Å². The Bertz CT molecular complexity index is 1000. The van der Waals surface area contributed by atoms with Crippen molar-refractivity contribution in [3.05, 3.63) is 76.4 Å². The Hall–Kier alpha value is -2.28. The molecule has 2 aromatic carbocycles. The van der Waals surface area contributed by atoms with E-state index in [1.807, 2.05) is 30.3 Å². The normalized spacial score (nSPS) is 11.2. The smallest absolute Gasteiger partial charge is 0.264 e. The predicted octanol–water partition coefficient (Wildman–Crippen LogP) is 5.29. The molecular formula is C18H14Cl2N2O3S. The van der Waals surface area contributed by atoms with Gasteiger partial charge in [-0.05, 0) is 48.9 Å². The van der Waals surface area contributed by atoms with E-state index in [9.17, 15) is 8.42 Å². The van der Waals surface area contributed by atoms with Crippen molar-refractivity contribution in [1.29, 1.82) is 0 Å². The van der Waals surface area contributed by atoms with Gasteiger partial charge in [-0.1, -0.05) is 41.4 Å². The predicted molar refractivity (Wildman–Crippen MR) is 103 cm³/mol. The second-order valence-electron chi connectivity index (χ2n) is 5.43. The Morgan fingerprint density at radius 3 is 2.35 bits per heavy atom. The molecule has 1 aromatic heterocycles. The molecule has 5 nitrogen and oxygen atoms in total. The molecule has 134 valence electrons. The number of para-hydroxylation sites is 1. The molecule has 0 atom stereocenters. The first-order valence-electron chi connectivity index (χ1n) is 7.52. The highest BCUT2D eigenvalue weighted by Crippen LogP contribution is 2.30. The molecule has 0 bridgehead atoms. The van der Waals surface area contributed by atoms with Gasteiger partial charge in [-0.2, -0.15) is 0 Å². The first kappa shape index (κ1) is 18.5. The van der Waals surface area contributed by atoms with Gasteiger partial charge >= 0.3 is 0 Å². The maximum Gasteiger partial charge on any atom is 0.264 e. The topological polar surface area (TPSA) is 68.3 Å². The Morgan fingerprint density at radius 1 is 1.00 bits per heavy atom. The second-order valence-corrected chi connectivity index (χ2v) is 7.90. The van der Waals surface area contributed by atoms with Crippen molar-refractivity contribution in [2.75, 3.05) is 4.72 Å². The van der Waals surface area contributed by atoms with Crippen LogP contribution in [-0.4, -0.2) is 13.4 Å². The zero-order chi connectivity index (χ0) is 18.7. The second kappa shape index (κ2) is 7.53. The Balaban J connectivity index is 1.80. The molecule has 0 fully saturated rings. The van der Waals surface area contributed by atoms with Gasteiger partial charge in [-0.25, -0.2) is 13.4 Å². The van der Waals surface area contributed by atoms with Crippen LogP contribution in [0, 0.1) is 6.92 Å². The van der Waals surface area contributed by atoms with Crippen molar-refractivity contribution < 1.29 is 13.2 Å². The summed E-state index contributed by atoms with van der Waals surface area (Å²) in [5.41, 5.74) is 0.444. The van der Waals surface area contributed by atoms with Crippen LogP contribution in [0.4, 0.5) is 5.82 Å². The monoisotopic (exact) mass is 408 g/mol. The van der Waals surface area contributed by atoms with Gasteiger partial charge in [-0.15, -0.1) is 0 Å². The van der Waals surface area contributed by atoms with Crippen LogP contribution in [0.15, 0.2) is 65.7 Å². The number of hydrogen-bond donors (Lipinski definition) is 1. The standard InChI is InChI=1S/C18H14Cl2N2O3S/c1-12-9-13(19)10-16(20)18(12)26(23,24)22-17-8-7-15(11-21-17)25-14-5-3-2-4-6-14/h2-11H,1H3,(H,21,22). The fourth-order valence-corrected chi connectivity index (χ4v) is 4.54. The molecule has 0 saturated carbocycles. The van der Waals surface area contributed by atoms with Gasteiger partial charge < -0.3 is 4.74 Å². The van der Waals surface area contributed by atoms with Crippen molar-refractivity contribution >= 4 is 39.0 Å². The van der Waals surface area contributed by atoms with Gasteiger partial charge in [0.25, 0.3) is 10.0 Å². The molecule has 3 rings (SSSR count). The van der Waals surface area contributed by atoms with Crippen molar-refractivity contribution in [2.24, 2.45) is 0 Å². The SMILES string of the molecule is Cc1cc(Cl)cc(Cl)c1S(=O)(=O)Nc1ccc(Oc2ccccc2)cn1. The number of nitrogens with zero attached hydrogens (tertiary/aromatic N) is 1. The number of halogens is 2. The van der Waals surface area contributed by atoms with E-state index >= 15 is 0 Å². The van der Waals surface area contributed by atoms with Crippen LogP contribution in [-0.2, 0) is 10.0 Å². The molecule has 26 heavy (non-hydrogen) atoms. The van der Waals surface area contributed by atoms with Crippen LogP contribution in [0.3, 0.4) is 0 Å². The maximum atomic E-state index is 12.6. The minimum Gasteiger partial charge on any atom is -0.456 e. The van der Waals surface area contributed by atoms with Crippen LogP contribution in [0.25, 0.3) is 0 Å². The Labute approximate surface area is 161 Å². The lowest BCUT2D eigenvalue weighted by molar-refractivity contribution is 0.480. The van der Waals surface area contributed by atoms with E-state index in [0.717, 1.165) is 0 Å². The Morgan fingerprint density at radius 2 is 1.73 bits per heavy atom. The molecule has 0 spiro atoms. The van der Waals surface area contributed by atoms with Gasteiger partial charge in [-0.3, -0.25) is 4.72 Å². The first-order chi connectivity index (χ1) is 12.3. The summed E-state index contributed by atoms with van der Waals surface area (Å²) >= 11 is 11.9. The quantitative estimate of drug-likeness (QED) is 0.622. The summed E-state index contributed by atoms with van der Waals surface area (Å²) in [6, 6.07) is 15.2. The summed E-state index contributed by atoms with van der Waals surface area (Å²) in [4.78, 5) is 4.05. The number of rotatable bonds is 5. The number of benzene rings is 2. The van der Waals surface area contributed by atoms with Crippen LogP contribution in [0.1, 0.15) is 5.56 Å². The molecule has 0 radical (unpaired) electrons. The molecule has 0 aliphatic rings. The van der Waals surface area contributed by atoms with Crippen molar-refractivity contribution in [1.82, 2.24) is 4.98 Å². The van der Waals surface area contributed by atoms with Gasteiger partial charge in [0, 0.05) is 5.02 Å². The lowest BCUT2D eigenvalue weighted by Crippen LogP contribution is -2.15. The number of ether oxygens (including phenoxy) is 1. The molecule has 0 aliphatic carbocycles. The van der Waals surface area contributed by atoms with Crippen molar-refractivity contribution in [2.45, 2.75) is 11.8 Å². The number of aromatic nitrogens is 1. The van der Waals surface area contributed by atoms with Gasteiger partial charge in [0.2, 0.25) is 0 Å². The third-order valence-corrected chi connectivity index (χ3v) is 5.60. The number of sulfonamides is 1. The Kier molecular flexibility index (Phi) is 5.36. The van der Waals surface area contributed by atoms with Crippen LogP contribution in [0.2, 0.25) is 10.0 Å². The average Bonchev–Trinajstić information content (AvgIpc) is 2.56. The highest BCUT2D eigenvalue weighted by Gasteiger charge is 2.22. The molecular weight excluding hydrogens is 395 g/mol. The van der Waals surface area contributed by atoms with Crippen LogP contribution in [0.5, 0.6) is 11.5 Å². The summed E-state index contributed by atoms with van der Waals surface area (Å²) in [5.74, 6) is 1.29. The van der Waals surface area contributed by atoms with E-state index in [-0.39, 0.29) is 15.7 Å². The third kappa shape index (κ3) is 4.27. The van der Waals surface area contributed by atoms with Crippen LogP contribution < -0.4 is 9.46 Å². The van der Waals surface area contributed by atoms with E-state index in [4.69, 9.17) is 27.9 Å². The largest absolute Gasteiger partial charge is 0.456 e. The van der Waals surface area contributed by atoms with Crippen molar-refractivity contribution in [3.8, 4) is 11.5 Å². The number of hydrogen-bond acceptors (Lipinski definition) is 4. The average molecular weight is 409 g/mol. The van der Waals surface area contributed by atoms with Gasteiger partial charge in [0.15, 0.2) is 0 Å². The first-order valence-corrected chi connectivity index (χ1v) is 9.76. The molecule has 3 aromatic rings. The third-order valence-electron chi connectivity index (χ3n) is 3.42. The van der Waals surface area contributed by atoms with Gasteiger partial charge in [0.05, 0.1) is 11.2 Å². The molecule has 0 saturated heterocycles. The minimum absolute atomic E-state index is 0.0324. The minimum atomic E-state index is -3.91. The zero-order valence-corrected chi connectivity index (χ0v) is 15.9. The number of pyridine rings is 1. The molecule has 0 amide bonds. The summed E-state index contributed by atoms with van der Waals surface area (Å²) in [6.45, 7) is 1.62. The molecule has 1 heterocycles. The van der Waals surface area contributed by atoms with E-state index in [1.54, 1.807) is 13.0 Å². The molecule has 0 aliphatic heterocycles. The fourth-order valence-electron chi connectivity index (χ4n) is 2.34. The lowest BCUT2D eigenvalue weighted by Gasteiger charge is -2.12. The van der Waals surface area contributed by atoms with E-state index in [1.165, 1.54) is 24.4 Å². The van der Waals surface area contributed by atoms with Gasteiger partial charge in [0.1, 0.15) is 22.2 Å². The fraction of sp³-hybridized carbons (Fsp3) is 0.0556. The highest BCUT2D eigenvalue weighted by atomic mass is 35.5. The summed E-state index contributed by atoms with van der Waals surface area (Å²) in [5, 5.41) is 0.415. The number of aryl methyl sites for hydroxylation is 1. The van der Waals surface area contributed by atoms with Crippen LogP contribution >= 0.6 is 23.2 Å². The maximum absolute atomic E-state index is 12.6. The summed E-state index contributed by atoms with van der Waals surface area (Å²) in [6.07, 6.45) is 1.43. The highest BCUT2D eigenvalue weighted by molar-refractivity contribution is 7.92. The lowest BCUT2D eigenvalue weighted by atomic mass is 10.2. The van der Waals surface area contributed by atoms with E-state index in [2.05, 4.69) is 9.71 Å². The summed E-state index contributed by atoms with van der Waals surface area (Å²) in [7, 11) is -3.91. The van der Waals surface area contributed by atoms with E-state index < -0.39 is 10.0 Å². The molecule has 8 heteroatoms. The number of anilines is 1. The summed E-state index contributed by atoms with van der Waals surface area (Å²) < 4.78 is 33.3. The van der Waals surface area contributed by atoms with Crippen molar-refractivity contribution in [3.63, 3.8) is 0 Å². The molecule has 0 unspecified atom stereocenters. The zero-order valence-electron chi connectivity index (χ0n) is 13.6. The number of nitrogens with one attached hydrogen (secondary N) is 1.